The predicted octanol–water partition coefficient (Wildman–Crippen LogP) is 4.05. The second-order valence-electron chi connectivity index (χ2n) is 4.49. The first-order valence-electron chi connectivity index (χ1n) is 6.59. The van der Waals surface area contributed by atoms with Gasteiger partial charge in [-0.3, -0.25) is 4.79 Å². The number of carbonyl (C=O) groups excluding carboxylic acids is 2. The number of thiazole rings is 1. The Morgan fingerprint density at radius 1 is 1.13 bits per heavy atom. The lowest BCUT2D eigenvalue weighted by Crippen LogP contribution is -2.15. The zero-order valence-electron chi connectivity index (χ0n) is 11.7. The van der Waals surface area contributed by atoms with Crippen molar-refractivity contribution in [3.05, 3.63) is 64.2 Å². The molecule has 2 heterocycles. The van der Waals surface area contributed by atoms with Crippen molar-refractivity contribution >= 4 is 34.4 Å². The number of ether oxygens (including phenoxy) is 1. The van der Waals surface area contributed by atoms with Crippen LogP contribution in [0.3, 0.4) is 0 Å². The van der Waals surface area contributed by atoms with Gasteiger partial charge in [-0.15, -0.1) is 22.7 Å². The molecule has 0 saturated carbocycles. The van der Waals surface area contributed by atoms with Crippen LogP contribution in [0.2, 0.25) is 0 Å². The first kappa shape index (κ1) is 15.5. The summed E-state index contributed by atoms with van der Waals surface area (Å²) in [6, 6.07) is 9.37. The van der Waals surface area contributed by atoms with Crippen LogP contribution < -0.4 is 0 Å². The zero-order valence-corrected chi connectivity index (χ0v) is 13.3. The number of halogens is 1. The fourth-order valence-corrected chi connectivity index (χ4v) is 3.45. The molecule has 0 aliphatic carbocycles. The van der Waals surface area contributed by atoms with Gasteiger partial charge in [0.25, 0.3) is 0 Å². The Balaban J connectivity index is 1.64. The molecule has 0 N–H and O–H groups in total. The SMILES string of the molecule is O=C(OCC(=O)c1ccccc1F)c1csc(-c2cccs2)n1. The minimum absolute atomic E-state index is 0.0992. The Morgan fingerprint density at radius 2 is 1.96 bits per heavy atom. The maximum absolute atomic E-state index is 13.5. The molecule has 116 valence electrons. The second-order valence-corrected chi connectivity index (χ2v) is 6.30. The number of Topliss-reactive ketones (excluding diaryl/α,β-unsaturated/α-hetero) is 1. The minimum atomic E-state index is -0.700. The molecule has 0 aliphatic rings. The molecule has 0 saturated heterocycles. The van der Waals surface area contributed by atoms with E-state index >= 15 is 0 Å². The van der Waals surface area contributed by atoms with Gasteiger partial charge >= 0.3 is 5.97 Å². The van der Waals surface area contributed by atoms with Crippen molar-refractivity contribution in [2.24, 2.45) is 0 Å². The third kappa shape index (κ3) is 3.52. The molecule has 3 rings (SSSR count). The van der Waals surface area contributed by atoms with E-state index in [0.717, 1.165) is 4.88 Å². The molecule has 7 heteroatoms. The highest BCUT2D eigenvalue weighted by Crippen LogP contribution is 2.27. The van der Waals surface area contributed by atoms with Gasteiger partial charge in [0, 0.05) is 5.38 Å². The third-order valence-electron chi connectivity index (χ3n) is 2.95. The van der Waals surface area contributed by atoms with Crippen LogP contribution in [-0.2, 0) is 4.74 Å². The average molecular weight is 347 g/mol. The highest BCUT2D eigenvalue weighted by Gasteiger charge is 2.17. The van der Waals surface area contributed by atoms with Gasteiger partial charge in [0.2, 0.25) is 5.78 Å². The lowest BCUT2D eigenvalue weighted by Gasteiger charge is -2.03. The van der Waals surface area contributed by atoms with Gasteiger partial charge in [-0.05, 0) is 23.6 Å². The van der Waals surface area contributed by atoms with Crippen molar-refractivity contribution in [2.75, 3.05) is 6.61 Å². The summed E-state index contributed by atoms with van der Waals surface area (Å²) in [6.07, 6.45) is 0. The molecular weight excluding hydrogens is 337 g/mol. The molecule has 0 fully saturated rings. The Morgan fingerprint density at radius 3 is 2.70 bits per heavy atom. The fraction of sp³-hybridized carbons (Fsp3) is 0.0625. The lowest BCUT2D eigenvalue weighted by atomic mass is 10.1. The van der Waals surface area contributed by atoms with Crippen LogP contribution in [0.5, 0.6) is 0 Å². The highest BCUT2D eigenvalue weighted by molar-refractivity contribution is 7.20. The van der Waals surface area contributed by atoms with Crippen LogP contribution in [0.4, 0.5) is 4.39 Å². The number of esters is 1. The molecule has 0 spiro atoms. The summed E-state index contributed by atoms with van der Waals surface area (Å²) in [7, 11) is 0. The minimum Gasteiger partial charge on any atom is -0.453 e. The molecule has 0 unspecified atom stereocenters. The van der Waals surface area contributed by atoms with Crippen molar-refractivity contribution in [3.63, 3.8) is 0 Å². The van der Waals surface area contributed by atoms with Gasteiger partial charge in [-0.25, -0.2) is 14.2 Å². The van der Waals surface area contributed by atoms with E-state index < -0.39 is 24.2 Å². The van der Waals surface area contributed by atoms with E-state index in [1.54, 1.807) is 11.4 Å². The quantitative estimate of drug-likeness (QED) is 0.516. The van der Waals surface area contributed by atoms with E-state index in [9.17, 15) is 14.0 Å². The first-order chi connectivity index (χ1) is 11.1. The summed E-state index contributed by atoms with van der Waals surface area (Å²) in [4.78, 5) is 28.9. The maximum atomic E-state index is 13.5. The summed E-state index contributed by atoms with van der Waals surface area (Å²) >= 11 is 2.84. The lowest BCUT2D eigenvalue weighted by molar-refractivity contribution is 0.0468. The van der Waals surface area contributed by atoms with E-state index in [1.165, 1.54) is 40.9 Å². The van der Waals surface area contributed by atoms with E-state index in [2.05, 4.69) is 4.98 Å². The van der Waals surface area contributed by atoms with E-state index in [-0.39, 0.29) is 11.3 Å². The Kier molecular flexibility index (Phi) is 4.59. The second kappa shape index (κ2) is 6.80. The number of hydrogen-bond acceptors (Lipinski definition) is 6. The maximum Gasteiger partial charge on any atom is 0.358 e. The molecule has 4 nitrogen and oxygen atoms in total. The van der Waals surface area contributed by atoms with E-state index in [4.69, 9.17) is 4.74 Å². The number of benzene rings is 1. The average Bonchev–Trinajstić information content (AvgIpc) is 3.23. The summed E-state index contributed by atoms with van der Waals surface area (Å²) in [5.74, 6) is -1.93. The van der Waals surface area contributed by atoms with Gasteiger partial charge in [0.1, 0.15) is 10.8 Å². The smallest absolute Gasteiger partial charge is 0.358 e. The Labute approximate surface area is 139 Å². The normalized spacial score (nSPS) is 10.5. The standard InChI is InChI=1S/C16H10FNO3S2/c17-11-5-2-1-4-10(11)13(19)8-21-16(20)12-9-23-15(18-12)14-6-3-7-22-14/h1-7,9H,8H2. The number of rotatable bonds is 5. The molecule has 0 atom stereocenters. The van der Waals surface area contributed by atoms with Crippen molar-refractivity contribution in [1.82, 2.24) is 4.98 Å². The monoisotopic (exact) mass is 347 g/mol. The van der Waals surface area contributed by atoms with Crippen LogP contribution in [0.1, 0.15) is 20.8 Å². The van der Waals surface area contributed by atoms with Crippen molar-refractivity contribution in [2.45, 2.75) is 0 Å². The molecule has 3 aromatic rings. The number of ketones is 1. The van der Waals surface area contributed by atoms with Crippen LogP contribution in [0.25, 0.3) is 9.88 Å². The first-order valence-corrected chi connectivity index (χ1v) is 8.35. The summed E-state index contributed by atoms with van der Waals surface area (Å²) in [6.45, 7) is -0.522. The molecule has 0 radical (unpaired) electrons. The van der Waals surface area contributed by atoms with E-state index in [1.807, 2.05) is 17.5 Å². The topological polar surface area (TPSA) is 56.3 Å². The summed E-state index contributed by atoms with van der Waals surface area (Å²) in [5, 5.41) is 4.21. The van der Waals surface area contributed by atoms with Crippen molar-refractivity contribution in [1.29, 1.82) is 0 Å². The molecule has 0 aliphatic heterocycles. The molecular formula is C16H10FNO3S2. The van der Waals surface area contributed by atoms with Gasteiger partial charge < -0.3 is 4.74 Å². The number of aromatic nitrogens is 1. The number of nitrogens with zero attached hydrogens (tertiary/aromatic N) is 1. The highest BCUT2D eigenvalue weighted by atomic mass is 32.1. The Bertz CT molecular complexity index is 843. The van der Waals surface area contributed by atoms with Gasteiger partial charge in [0.15, 0.2) is 12.3 Å². The summed E-state index contributed by atoms with van der Waals surface area (Å²) < 4.78 is 18.4. The van der Waals surface area contributed by atoms with Crippen molar-refractivity contribution < 1.29 is 18.7 Å². The Hall–Kier alpha value is -2.38. The molecule has 2 aromatic heterocycles. The number of carbonyl (C=O) groups is 2. The predicted molar refractivity (Wildman–Crippen MR) is 86.4 cm³/mol. The van der Waals surface area contributed by atoms with E-state index in [0.29, 0.717) is 5.01 Å². The number of hydrogen-bond donors (Lipinski definition) is 0. The zero-order chi connectivity index (χ0) is 16.2. The van der Waals surface area contributed by atoms with Gasteiger partial charge in [-0.1, -0.05) is 18.2 Å². The van der Waals surface area contributed by atoms with Gasteiger partial charge in [-0.2, -0.15) is 0 Å². The van der Waals surface area contributed by atoms with Gasteiger partial charge in [0.05, 0.1) is 10.4 Å². The molecule has 23 heavy (non-hydrogen) atoms. The van der Waals surface area contributed by atoms with Crippen LogP contribution >= 0.6 is 22.7 Å². The number of thiophene rings is 1. The molecule has 0 amide bonds. The van der Waals surface area contributed by atoms with Crippen LogP contribution in [0.15, 0.2) is 47.2 Å². The largest absolute Gasteiger partial charge is 0.453 e. The van der Waals surface area contributed by atoms with Crippen molar-refractivity contribution in [3.8, 4) is 9.88 Å². The fourth-order valence-electron chi connectivity index (χ4n) is 1.85. The van der Waals surface area contributed by atoms with Crippen LogP contribution in [-0.4, -0.2) is 23.3 Å². The van der Waals surface area contributed by atoms with Crippen LogP contribution in [0, 0.1) is 5.82 Å². The third-order valence-corrected chi connectivity index (χ3v) is 4.84. The molecule has 1 aromatic carbocycles. The summed E-state index contributed by atoms with van der Waals surface area (Å²) in [5.41, 5.74) is 0.0394. The molecule has 0 bridgehead atoms.